The van der Waals surface area contributed by atoms with E-state index in [9.17, 15) is 9.59 Å². The Morgan fingerprint density at radius 2 is 1.00 bits per heavy atom. The molecule has 4 nitrogen and oxygen atoms in total. The van der Waals surface area contributed by atoms with E-state index in [1.54, 1.807) is 12.1 Å². The van der Waals surface area contributed by atoms with Crippen molar-refractivity contribution in [2.75, 3.05) is 10.6 Å². The molecule has 0 atom stereocenters. The fraction of sp³-hybridized carbons (Fsp3) is 0.200. The van der Waals surface area contributed by atoms with Crippen molar-refractivity contribution >= 4 is 23.2 Å². The Kier molecular flexibility index (Phi) is 6.13. The Morgan fingerprint density at radius 1 is 0.621 bits per heavy atom. The van der Waals surface area contributed by atoms with Gasteiger partial charge in [0.2, 0.25) is 11.8 Å². The van der Waals surface area contributed by atoms with E-state index >= 15 is 0 Å². The minimum atomic E-state index is -0.960. The van der Waals surface area contributed by atoms with Gasteiger partial charge in [-0.3, -0.25) is 9.59 Å². The molecule has 3 aromatic rings. The molecule has 148 valence electrons. The second-order valence-electron chi connectivity index (χ2n) is 7.57. The summed E-state index contributed by atoms with van der Waals surface area (Å²) in [5.41, 5.74) is 6.23. The lowest BCUT2D eigenvalue weighted by molar-refractivity contribution is -0.125. The first-order valence-corrected chi connectivity index (χ1v) is 9.65. The molecular weight excluding hydrogens is 360 g/mol. The summed E-state index contributed by atoms with van der Waals surface area (Å²) in [7, 11) is 0. The average molecular weight is 386 g/mol. The normalized spacial score (nSPS) is 10.7. The summed E-state index contributed by atoms with van der Waals surface area (Å²) in [5, 5.41) is 5.82. The molecule has 0 aromatic heterocycles. The van der Waals surface area contributed by atoms with Crippen LogP contribution in [0.1, 0.15) is 33.7 Å². The zero-order valence-corrected chi connectivity index (χ0v) is 17.2. The van der Waals surface area contributed by atoms with E-state index in [-0.39, 0.29) is 11.8 Å². The molecule has 4 heteroatoms. The number of nitrogens with one attached hydrogen (secondary N) is 2. The van der Waals surface area contributed by atoms with Crippen LogP contribution in [0.15, 0.2) is 66.7 Å². The van der Waals surface area contributed by atoms with Gasteiger partial charge in [0.25, 0.3) is 0 Å². The molecule has 0 saturated carbocycles. The number of carbonyl (C=O) groups excluding carboxylic acids is 2. The molecule has 3 rings (SSSR count). The maximum Gasteiger partial charge on any atom is 0.241 e. The highest BCUT2D eigenvalue weighted by Gasteiger charge is 2.29. The van der Waals surface area contributed by atoms with Crippen molar-refractivity contribution in [3.8, 4) is 0 Å². The predicted molar refractivity (Wildman–Crippen MR) is 118 cm³/mol. The third-order valence-corrected chi connectivity index (χ3v) is 4.64. The molecule has 0 fully saturated rings. The SMILES string of the molecule is Cc1cc(C)cc(NC(=O)C(C(=O)Nc2cc(C)cc(C)c2)c2ccccc2)c1. The average Bonchev–Trinajstić information content (AvgIpc) is 2.60. The van der Waals surface area contributed by atoms with Crippen LogP contribution in [0, 0.1) is 27.7 Å². The van der Waals surface area contributed by atoms with Crippen LogP contribution in [-0.4, -0.2) is 11.8 Å². The Bertz CT molecular complexity index is 936. The van der Waals surface area contributed by atoms with Gasteiger partial charge in [0.15, 0.2) is 0 Å². The highest BCUT2D eigenvalue weighted by atomic mass is 16.2. The smallest absolute Gasteiger partial charge is 0.241 e. The summed E-state index contributed by atoms with van der Waals surface area (Å²) in [4.78, 5) is 26.3. The van der Waals surface area contributed by atoms with Gasteiger partial charge in [0, 0.05) is 11.4 Å². The maximum absolute atomic E-state index is 13.1. The van der Waals surface area contributed by atoms with E-state index in [2.05, 4.69) is 10.6 Å². The van der Waals surface area contributed by atoms with Crippen LogP contribution in [0.2, 0.25) is 0 Å². The van der Waals surface area contributed by atoms with Crippen LogP contribution < -0.4 is 10.6 Å². The lowest BCUT2D eigenvalue weighted by Gasteiger charge is -2.18. The molecule has 0 aliphatic carbocycles. The van der Waals surface area contributed by atoms with Crippen molar-refractivity contribution in [2.45, 2.75) is 33.6 Å². The van der Waals surface area contributed by atoms with Crippen LogP contribution >= 0.6 is 0 Å². The number of amides is 2. The third-order valence-electron chi connectivity index (χ3n) is 4.64. The van der Waals surface area contributed by atoms with Crippen LogP contribution in [0.4, 0.5) is 11.4 Å². The van der Waals surface area contributed by atoms with E-state index < -0.39 is 5.92 Å². The largest absolute Gasteiger partial charge is 0.325 e. The summed E-state index contributed by atoms with van der Waals surface area (Å²) in [6.07, 6.45) is 0. The van der Waals surface area contributed by atoms with Crippen molar-refractivity contribution in [3.05, 3.63) is 94.5 Å². The first kappa shape index (κ1) is 20.3. The number of hydrogen-bond donors (Lipinski definition) is 2. The molecule has 0 aliphatic rings. The summed E-state index contributed by atoms with van der Waals surface area (Å²) in [6, 6.07) is 20.8. The van der Waals surface area contributed by atoms with Gasteiger partial charge in [-0.05, 0) is 79.8 Å². The van der Waals surface area contributed by atoms with E-state index in [0.717, 1.165) is 22.3 Å². The second kappa shape index (κ2) is 8.74. The Hall–Kier alpha value is -3.40. The van der Waals surface area contributed by atoms with E-state index in [1.807, 2.05) is 82.3 Å². The minimum absolute atomic E-state index is 0.358. The Balaban J connectivity index is 1.89. The summed E-state index contributed by atoms with van der Waals surface area (Å²) in [6.45, 7) is 7.91. The van der Waals surface area contributed by atoms with Gasteiger partial charge in [-0.15, -0.1) is 0 Å². The fourth-order valence-electron chi connectivity index (χ4n) is 3.59. The molecule has 0 heterocycles. The molecule has 2 amide bonds. The number of rotatable bonds is 5. The number of aryl methyl sites for hydroxylation is 4. The van der Waals surface area contributed by atoms with Gasteiger partial charge in [-0.2, -0.15) is 0 Å². The van der Waals surface area contributed by atoms with Crippen LogP contribution in [0.3, 0.4) is 0 Å². The van der Waals surface area contributed by atoms with E-state index in [0.29, 0.717) is 16.9 Å². The van der Waals surface area contributed by atoms with Crippen LogP contribution in [0.5, 0.6) is 0 Å². The Morgan fingerprint density at radius 3 is 1.38 bits per heavy atom. The van der Waals surface area contributed by atoms with Gasteiger partial charge in [-0.1, -0.05) is 42.5 Å². The van der Waals surface area contributed by atoms with E-state index in [1.165, 1.54) is 0 Å². The Labute approximate surface area is 172 Å². The lowest BCUT2D eigenvalue weighted by Crippen LogP contribution is -2.32. The topological polar surface area (TPSA) is 58.2 Å². The molecule has 3 aromatic carbocycles. The second-order valence-corrected chi connectivity index (χ2v) is 7.57. The van der Waals surface area contributed by atoms with Crippen molar-refractivity contribution in [2.24, 2.45) is 0 Å². The van der Waals surface area contributed by atoms with E-state index in [4.69, 9.17) is 0 Å². The van der Waals surface area contributed by atoms with Crippen molar-refractivity contribution in [1.29, 1.82) is 0 Å². The molecule has 0 bridgehead atoms. The monoisotopic (exact) mass is 386 g/mol. The predicted octanol–water partition coefficient (Wildman–Crippen LogP) is 5.28. The van der Waals surface area contributed by atoms with Crippen LogP contribution in [-0.2, 0) is 9.59 Å². The number of anilines is 2. The van der Waals surface area contributed by atoms with Crippen molar-refractivity contribution in [1.82, 2.24) is 0 Å². The standard InChI is InChI=1S/C25H26N2O2/c1-16-10-17(2)13-21(12-16)26-24(28)23(20-8-6-5-7-9-20)25(29)27-22-14-18(3)11-19(4)15-22/h5-15,23H,1-4H3,(H,26,28)(H,27,29). The number of carbonyl (C=O) groups is 2. The zero-order valence-electron chi connectivity index (χ0n) is 17.2. The lowest BCUT2D eigenvalue weighted by atomic mass is 9.96. The molecule has 0 saturated heterocycles. The molecule has 2 N–H and O–H groups in total. The summed E-state index contributed by atoms with van der Waals surface area (Å²) >= 11 is 0. The molecule has 29 heavy (non-hydrogen) atoms. The number of benzene rings is 3. The first-order chi connectivity index (χ1) is 13.8. The molecule has 0 aliphatic heterocycles. The summed E-state index contributed by atoms with van der Waals surface area (Å²) in [5.74, 6) is -1.68. The molecule has 0 spiro atoms. The third kappa shape index (κ3) is 5.32. The molecule has 0 unspecified atom stereocenters. The maximum atomic E-state index is 13.1. The molecule has 0 radical (unpaired) electrons. The van der Waals surface area contributed by atoms with Gasteiger partial charge < -0.3 is 10.6 Å². The molecular formula is C25H26N2O2. The summed E-state index contributed by atoms with van der Waals surface area (Å²) < 4.78 is 0. The zero-order chi connectivity index (χ0) is 21.0. The van der Waals surface area contributed by atoms with Crippen LogP contribution in [0.25, 0.3) is 0 Å². The quantitative estimate of drug-likeness (QED) is 0.586. The first-order valence-electron chi connectivity index (χ1n) is 9.65. The van der Waals surface area contributed by atoms with Gasteiger partial charge >= 0.3 is 0 Å². The fourth-order valence-corrected chi connectivity index (χ4v) is 3.59. The number of hydrogen-bond acceptors (Lipinski definition) is 2. The highest BCUT2D eigenvalue weighted by Crippen LogP contribution is 2.23. The van der Waals surface area contributed by atoms with Gasteiger partial charge in [-0.25, -0.2) is 0 Å². The van der Waals surface area contributed by atoms with Gasteiger partial charge in [0.05, 0.1) is 0 Å². The van der Waals surface area contributed by atoms with Crippen molar-refractivity contribution in [3.63, 3.8) is 0 Å². The van der Waals surface area contributed by atoms with Crippen molar-refractivity contribution < 1.29 is 9.59 Å². The van der Waals surface area contributed by atoms with Gasteiger partial charge in [0.1, 0.15) is 5.92 Å². The highest BCUT2D eigenvalue weighted by molar-refractivity contribution is 6.15. The minimum Gasteiger partial charge on any atom is -0.325 e.